The van der Waals surface area contributed by atoms with E-state index in [0.29, 0.717) is 13.0 Å². The van der Waals surface area contributed by atoms with E-state index in [0.717, 1.165) is 43.6 Å². The Labute approximate surface area is 195 Å². The van der Waals surface area contributed by atoms with Crippen molar-refractivity contribution in [2.45, 2.75) is 20.3 Å². The molecular weight excluding hydrogens is 464 g/mol. The number of hydrogen-bond donors (Lipinski definition) is 2. The first kappa shape index (κ1) is 21.7. The standard InChI is InChI=1S/C26H23BrN4O/c1-17-12-20(18(2)31(17)23-7-5-6-22(27)14-23)13-21(15-28)26(32)29-11-10-19-16-30-25-9-4-3-8-24(19)25/h3-9,12-14,16,30H,10-11H2,1-2H3,(H,29,32)/b21-13-. The van der Waals surface area contributed by atoms with Gasteiger partial charge in [0.25, 0.3) is 5.91 Å². The molecule has 160 valence electrons. The first-order valence-electron chi connectivity index (χ1n) is 10.4. The van der Waals surface area contributed by atoms with Gasteiger partial charge in [0, 0.05) is 45.2 Å². The Morgan fingerprint density at radius 1 is 1.19 bits per heavy atom. The summed E-state index contributed by atoms with van der Waals surface area (Å²) in [7, 11) is 0. The van der Waals surface area contributed by atoms with E-state index in [4.69, 9.17) is 0 Å². The van der Waals surface area contributed by atoms with Crippen molar-refractivity contribution in [3.63, 3.8) is 0 Å². The largest absolute Gasteiger partial charge is 0.361 e. The van der Waals surface area contributed by atoms with E-state index < -0.39 is 0 Å². The summed E-state index contributed by atoms with van der Waals surface area (Å²) in [4.78, 5) is 15.9. The molecule has 32 heavy (non-hydrogen) atoms. The third kappa shape index (κ3) is 4.39. The molecule has 0 fully saturated rings. The molecule has 6 heteroatoms. The van der Waals surface area contributed by atoms with E-state index in [9.17, 15) is 10.1 Å². The molecule has 1 amide bonds. The number of H-pyrrole nitrogens is 1. The Bertz CT molecular complexity index is 1370. The van der Waals surface area contributed by atoms with Crippen LogP contribution in [0.2, 0.25) is 0 Å². The number of benzene rings is 2. The van der Waals surface area contributed by atoms with E-state index in [-0.39, 0.29) is 11.5 Å². The number of hydrogen-bond acceptors (Lipinski definition) is 2. The number of amides is 1. The van der Waals surface area contributed by atoms with Crippen molar-refractivity contribution >= 4 is 38.8 Å². The molecule has 0 unspecified atom stereocenters. The number of nitriles is 1. The van der Waals surface area contributed by atoms with Crippen LogP contribution in [0.4, 0.5) is 0 Å². The van der Waals surface area contributed by atoms with E-state index in [2.05, 4.69) is 42.9 Å². The highest BCUT2D eigenvalue weighted by atomic mass is 79.9. The van der Waals surface area contributed by atoms with Crippen molar-refractivity contribution in [3.05, 3.63) is 93.4 Å². The Morgan fingerprint density at radius 3 is 2.78 bits per heavy atom. The smallest absolute Gasteiger partial charge is 0.261 e. The highest BCUT2D eigenvalue weighted by Gasteiger charge is 2.14. The molecule has 2 N–H and O–H groups in total. The predicted molar refractivity (Wildman–Crippen MR) is 132 cm³/mol. The van der Waals surface area contributed by atoms with Crippen LogP contribution in [0.3, 0.4) is 0 Å². The van der Waals surface area contributed by atoms with Crippen LogP contribution >= 0.6 is 15.9 Å². The maximum Gasteiger partial charge on any atom is 0.261 e. The number of carbonyl (C=O) groups is 1. The second kappa shape index (κ2) is 9.29. The first-order chi connectivity index (χ1) is 15.5. The third-order valence-corrected chi connectivity index (χ3v) is 6.05. The van der Waals surface area contributed by atoms with Gasteiger partial charge in [0.1, 0.15) is 11.6 Å². The van der Waals surface area contributed by atoms with Gasteiger partial charge in [0.05, 0.1) is 0 Å². The highest BCUT2D eigenvalue weighted by Crippen LogP contribution is 2.25. The molecule has 4 rings (SSSR count). The molecule has 0 bridgehead atoms. The van der Waals surface area contributed by atoms with Crippen molar-refractivity contribution in [2.75, 3.05) is 6.54 Å². The predicted octanol–water partition coefficient (Wildman–Crippen LogP) is 5.60. The van der Waals surface area contributed by atoms with E-state index >= 15 is 0 Å². The Kier molecular flexibility index (Phi) is 6.29. The number of para-hydroxylation sites is 1. The molecule has 0 radical (unpaired) electrons. The Hall–Kier alpha value is -3.56. The quantitative estimate of drug-likeness (QED) is 0.274. The number of halogens is 1. The van der Waals surface area contributed by atoms with Gasteiger partial charge in [-0.2, -0.15) is 5.26 Å². The summed E-state index contributed by atoms with van der Waals surface area (Å²) in [6, 6.07) is 20.1. The number of aromatic amines is 1. The number of aryl methyl sites for hydroxylation is 1. The number of aromatic nitrogens is 2. The lowest BCUT2D eigenvalue weighted by atomic mass is 10.1. The summed E-state index contributed by atoms with van der Waals surface area (Å²) < 4.78 is 3.10. The fraction of sp³-hybridized carbons (Fsp3) is 0.154. The van der Waals surface area contributed by atoms with Gasteiger partial charge in [0.2, 0.25) is 0 Å². The molecule has 0 aliphatic heterocycles. The number of fused-ring (bicyclic) bond motifs is 1. The minimum Gasteiger partial charge on any atom is -0.361 e. The van der Waals surface area contributed by atoms with Gasteiger partial charge in [-0.3, -0.25) is 4.79 Å². The second-order valence-corrected chi connectivity index (χ2v) is 8.59. The van der Waals surface area contributed by atoms with Crippen LogP contribution in [-0.2, 0) is 11.2 Å². The Balaban J connectivity index is 1.50. The summed E-state index contributed by atoms with van der Waals surface area (Å²) in [6.45, 7) is 4.46. The molecule has 2 heterocycles. The van der Waals surface area contributed by atoms with Crippen LogP contribution in [0, 0.1) is 25.2 Å². The fourth-order valence-electron chi connectivity index (χ4n) is 3.99. The van der Waals surface area contributed by atoms with Crippen molar-refractivity contribution in [1.82, 2.24) is 14.9 Å². The molecule has 5 nitrogen and oxygen atoms in total. The zero-order chi connectivity index (χ0) is 22.7. The first-order valence-corrected chi connectivity index (χ1v) is 11.2. The lowest BCUT2D eigenvalue weighted by molar-refractivity contribution is -0.117. The lowest BCUT2D eigenvalue weighted by Crippen LogP contribution is -2.26. The van der Waals surface area contributed by atoms with Gasteiger partial charge >= 0.3 is 0 Å². The van der Waals surface area contributed by atoms with Crippen LogP contribution in [0.15, 0.2) is 70.8 Å². The van der Waals surface area contributed by atoms with Gasteiger partial charge in [-0.05, 0) is 67.8 Å². The SMILES string of the molecule is Cc1cc(/C=C(/C#N)C(=O)NCCc2c[nH]c3ccccc23)c(C)n1-c1cccc(Br)c1. The fourth-order valence-corrected chi connectivity index (χ4v) is 4.38. The van der Waals surface area contributed by atoms with Gasteiger partial charge in [0.15, 0.2) is 0 Å². The maximum absolute atomic E-state index is 12.7. The molecule has 0 aliphatic rings. The normalized spacial score (nSPS) is 11.5. The van der Waals surface area contributed by atoms with Gasteiger partial charge in [-0.1, -0.05) is 40.2 Å². The van der Waals surface area contributed by atoms with Crippen LogP contribution in [0.25, 0.3) is 22.7 Å². The zero-order valence-corrected chi connectivity index (χ0v) is 19.5. The van der Waals surface area contributed by atoms with Crippen LogP contribution < -0.4 is 5.32 Å². The lowest BCUT2D eigenvalue weighted by Gasteiger charge is -2.10. The molecule has 2 aromatic heterocycles. The van der Waals surface area contributed by atoms with Crippen LogP contribution in [0.5, 0.6) is 0 Å². The number of nitrogens with one attached hydrogen (secondary N) is 2. The van der Waals surface area contributed by atoms with Crippen molar-refractivity contribution in [2.24, 2.45) is 0 Å². The number of nitrogens with zero attached hydrogens (tertiary/aromatic N) is 2. The number of rotatable bonds is 6. The summed E-state index contributed by atoms with van der Waals surface area (Å²) in [5, 5.41) is 13.6. The molecule has 4 aromatic rings. The zero-order valence-electron chi connectivity index (χ0n) is 17.9. The molecular formula is C26H23BrN4O. The molecule has 2 aromatic carbocycles. The van der Waals surface area contributed by atoms with Crippen LogP contribution in [0.1, 0.15) is 22.5 Å². The van der Waals surface area contributed by atoms with Crippen molar-refractivity contribution < 1.29 is 4.79 Å². The molecule has 0 atom stereocenters. The van der Waals surface area contributed by atoms with Crippen LogP contribution in [-0.4, -0.2) is 22.0 Å². The summed E-state index contributed by atoms with van der Waals surface area (Å²) in [6.07, 6.45) is 4.32. The van der Waals surface area contributed by atoms with E-state index in [1.807, 2.05) is 68.6 Å². The molecule has 0 saturated carbocycles. The molecule has 0 saturated heterocycles. The van der Waals surface area contributed by atoms with E-state index in [1.54, 1.807) is 6.08 Å². The molecule has 0 spiro atoms. The summed E-state index contributed by atoms with van der Waals surface area (Å²) >= 11 is 3.51. The minimum absolute atomic E-state index is 0.0958. The van der Waals surface area contributed by atoms with Crippen molar-refractivity contribution in [3.8, 4) is 11.8 Å². The number of carbonyl (C=O) groups excluding carboxylic acids is 1. The Morgan fingerprint density at radius 2 is 2.00 bits per heavy atom. The monoisotopic (exact) mass is 486 g/mol. The van der Waals surface area contributed by atoms with Gasteiger partial charge in [-0.25, -0.2) is 0 Å². The topological polar surface area (TPSA) is 73.6 Å². The highest BCUT2D eigenvalue weighted by molar-refractivity contribution is 9.10. The van der Waals surface area contributed by atoms with Crippen molar-refractivity contribution in [1.29, 1.82) is 5.26 Å². The summed E-state index contributed by atoms with van der Waals surface area (Å²) in [5.41, 5.74) is 6.19. The third-order valence-electron chi connectivity index (χ3n) is 5.56. The summed E-state index contributed by atoms with van der Waals surface area (Å²) in [5.74, 6) is -0.361. The van der Waals surface area contributed by atoms with E-state index in [1.165, 1.54) is 0 Å². The van der Waals surface area contributed by atoms with Gasteiger partial charge in [-0.15, -0.1) is 0 Å². The average molecular weight is 487 g/mol. The van der Waals surface area contributed by atoms with Gasteiger partial charge < -0.3 is 14.9 Å². The maximum atomic E-state index is 12.7. The minimum atomic E-state index is -0.361. The molecule has 0 aliphatic carbocycles. The average Bonchev–Trinajstić information content (AvgIpc) is 3.32. The second-order valence-electron chi connectivity index (χ2n) is 7.68.